The van der Waals surface area contributed by atoms with E-state index in [2.05, 4.69) is 17.4 Å². The lowest BCUT2D eigenvalue weighted by atomic mass is 9.86. The SMILES string of the molecule is CC(C)C(=O)N1CCc2c(-c3cccc(C(=O)O)c3)ccc(CNC(=O)[C@H]3C[C@H]3c3ccccc3)c2C1. The van der Waals surface area contributed by atoms with Crippen molar-refractivity contribution in [2.24, 2.45) is 11.8 Å². The van der Waals surface area contributed by atoms with Crippen LogP contribution in [0.15, 0.2) is 66.7 Å². The van der Waals surface area contributed by atoms with Crippen molar-refractivity contribution in [3.05, 3.63) is 94.5 Å². The highest BCUT2D eigenvalue weighted by molar-refractivity contribution is 5.90. The molecule has 0 saturated heterocycles. The second-order valence-electron chi connectivity index (χ2n) is 10.4. The first-order valence-electron chi connectivity index (χ1n) is 12.9. The molecule has 3 aromatic rings. The third kappa shape index (κ3) is 5.15. The third-order valence-corrected chi connectivity index (χ3v) is 7.54. The zero-order chi connectivity index (χ0) is 26.1. The van der Waals surface area contributed by atoms with Gasteiger partial charge >= 0.3 is 5.97 Å². The molecule has 190 valence electrons. The number of carbonyl (C=O) groups is 3. The summed E-state index contributed by atoms with van der Waals surface area (Å²) in [5.41, 5.74) is 6.45. The summed E-state index contributed by atoms with van der Waals surface area (Å²) in [5.74, 6) is -0.606. The number of fused-ring (bicyclic) bond motifs is 1. The highest BCUT2D eigenvalue weighted by atomic mass is 16.4. The lowest BCUT2D eigenvalue weighted by Crippen LogP contribution is -2.39. The zero-order valence-corrected chi connectivity index (χ0v) is 21.2. The van der Waals surface area contributed by atoms with E-state index in [9.17, 15) is 19.5 Å². The van der Waals surface area contributed by atoms with Gasteiger partial charge in [-0.25, -0.2) is 4.79 Å². The maximum absolute atomic E-state index is 13.0. The van der Waals surface area contributed by atoms with Crippen LogP contribution in [0.1, 0.15) is 58.8 Å². The number of amides is 2. The second-order valence-corrected chi connectivity index (χ2v) is 10.4. The fraction of sp³-hybridized carbons (Fsp3) is 0.323. The molecule has 0 radical (unpaired) electrons. The number of nitrogens with one attached hydrogen (secondary N) is 1. The number of nitrogens with zero attached hydrogens (tertiary/aromatic N) is 1. The zero-order valence-electron chi connectivity index (χ0n) is 21.2. The molecule has 2 amide bonds. The third-order valence-electron chi connectivity index (χ3n) is 7.54. The first-order chi connectivity index (χ1) is 17.8. The lowest BCUT2D eigenvalue weighted by molar-refractivity contribution is -0.135. The van der Waals surface area contributed by atoms with Gasteiger partial charge in [0.2, 0.25) is 11.8 Å². The van der Waals surface area contributed by atoms with E-state index in [0.29, 0.717) is 26.1 Å². The van der Waals surface area contributed by atoms with Crippen LogP contribution in [-0.4, -0.2) is 34.3 Å². The van der Waals surface area contributed by atoms with Crippen molar-refractivity contribution in [1.29, 1.82) is 0 Å². The molecule has 2 aliphatic rings. The number of aromatic carboxylic acids is 1. The molecular formula is C31H32N2O4. The Bertz CT molecular complexity index is 1350. The van der Waals surface area contributed by atoms with Crippen LogP contribution >= 0.6 is 0 Å². The Balaban J connectivity index is 1.40. The van der Waals surface area contributed by atoms with E-state index >= 15 is 0 Å². The van der Waals surface area contributed by atoms with Crippen molar-refractivity contribution < 1.29 is 19.5 Å². The second kappa shape index (κ2) is 10.2. The van der Waals surface area contributed by atoms with Gasteiger partial charge in [0.1, 0.15) is 0 Å². The average Bonchev–Trinajstić information content (AvgIpc) is 3.72. The lowest BCUT2D eigenvalue weighted by Gasteiger charge is -2.33. The molecule has 0 spiro atoms. The van der Waals surface area contributed by atoms with Crippen molar-refractivity contribution in [3.63, 3.8) is 0 Å². The van der Waals surface area contributed by atoms with Gasteiger partial charge < -0.3 is 15.3 Å². The molecule has 1 aliphatic heterocycles. The molecule has 0 aromatic heterocycles. The monoisotopic (exact) mass is 496 g/mol. The van der Waals surface area contributed by atoms with Gasteiger partial charge in [-0.3, -0.25) is 9.59 Å². The van der Waals surface area contributed by atoms with Crippen LogP contribution in [-0.2, 0) is 29.1 Å². The number of benzene rings is 3. The highest BCUT2D eigenvalue weighted by Gasteiger charge is 2.43. The van der Waals surface area contributed by atoms with Crippen molar-refractivity contribution in [2.75, 3.05) is 6.54 Å². The molecule has 5 rings (SSSR count). The summed E-state index contributed by atoms with van der Waals surface area (Å²) >= 11 is 0. The van der Waals surface area contributed by atoms with Gasteiger partial charge in [0, 0.05) is 31.5 Å². The van der Waals surface area contributed by atoms with E-state index in [1.54, 1.807) is 18.2 Å². The minimum absolute atomic E-state index is 0.00437. The van der Waals surface area contributed by atoms with Gasteiger partial charge in [0.05, 0.1) is 5.56 Å². The Morgan fingerprint density at radius 2 is 1.78 bits per heavy atom. The molecule has 1 aliphatic carbocycles. The fourth-order valence-corrected chi connectivity index (χ4v) is 5.42. The van der Waals surface area contributed by atoms with Gasteiger partial charge in [0.15, 0.2) is 0 Å². The van der Waals surface area contributed by atoms with Crippen molar-refractivity contribution >= 4 is 17.8 Å². The quantitative estimate of drug-likeness (QED) is 0.481. The molecule has 37 heavy (non-hydrogen) atoms. The fourth-order valence-electron chi connectivity index (χ4n) is 5.42. The van der Waals surface area contributed by atoms with Crippen molar-refractivity contribution in [1.82, 2.24) is 10.2 Å². The Labute approximate surface area is 217 Å². The molecule has 1 fully saturated rings. The standard InChI is InChI=1S/C31H32N2O4/c1-19(2)30(35)33-14-13-25-24(21-9-6-10-22(15-21)31(36)37)12-11-23(28(25)18-33)17-32-29(34)27-16-26(27)20-7-4-3-5-8-20/h3-12,15,19,26-27H,13-14,16-18H2,1-2H3,(H,32,34)(H,36,37)/t26-,27-/m0/s1. The maximum Gasteiger partial charge on any atom is 0.335 e. The van der Waals surface area contributed by atoms with E-state index in [1.807, 2.05) is 55.1 Å². The molecule has 1 heterocycles. The molecule has 6 nitrogen and oxygen atoms in total. The van der Waals surface area contributed by atoms with Crippen LogP contribution < -0.4 is 5.32 Å². The summed E-state index contributed by atoms with van der Waals surface area (Å²) < 4.78 is 0. The maximum atomic E-state index is 13.0. The summed E-state index contributed by atoms with van der Waals surface area (Å²) in [4.78, 5) is 39.2. The van der Waals surface area contributed by atoms with Gasteiger partial charge in [-0.15, -0.1) is 0 Å². The summed E-state index contributed by atoms with van der Waals surface area (Å²) in [7, 11) is 0. The predicted molar refractivity (Wildman–Crippen MR) is 142 cm³/mol. The number of carbonyl (C=O) groups excluding carboxylic acids is 2. The molecule has 6 heteroatoms. The van der Waals surface area contributed by atoms with Crippen LogP contribution in [0.5, 0.6) is 0 Å². The molecule has 1 saturated carbocycles. The van der Waals surface area contributed by atoms with Crippen molar-refractivity contribution in [3.8, 4) is 11.1 Å². The Morgan fingerprint density at radius 1 is 1.00 bits per heavy atom. The number of hydrogen-bond donors (Lipinski definition) is 2. The number of hydrogen-bond acceptors (Lipinski definition) is 3. The molecule has 0 unspecified atom stereocenters. The van der Waals surface area contributed by atoms with Gasteiger partial charge in [-0.05, 0) is 64.3 Å². The first kappa shape index (κ1) is 24.8. The predicted octanol–water partition coefficient (Wildman–Crippen LogP) is 5.01. The van der Waals surface area contributed by atoms with E-state index in [0.717, 1.165) is 34.2 Å². The Hall–Kier alpha value is -3.93. The highest BCUT2D eigenvalue weighted by Crippen LogP contribution is 2.47. The molecule has 3 aromatic carbocycles. The number of rotatable bonds is 7. The van der Waals surface area contributed by atoms with Crippen LogP contribution in [0.4, 0.5) is 0 Å². The van der Waals surface area contributed by atoms with Gasteiger partial charge in [-0.1, -0.05) is 68.4 Å². The van der Waals surface area contributed by atoms with E-state index in [4.69, 9.17) is 0 Å². The van der Waals surface area contributed by atoms with Gasteiger partial charge in [0.25, 0.3) is 0 Å². The average molecular weight is 497 g/mol. The van der Waals surface area contributed by atoms with Crippen LogP contribution in [0.25, 0.3) is 11.1 Å². The Kier molecular flexibility index (Phi) is 6.83. The Morgan fingerprint density at radius 3 is 2.51 bits per heavy atom. The first-order valence-corrected chi connectivity index (χ1v) is 12.9. The largest absolute Gasteiger partial charge is 0.478 e. The van der Waals surface area contributed by atoms with Crippen LogP contribution in [0.2, 0.25) is 0 Å². The summed E-state index contributed by atoms with van der Waals surface area (Å²) in [5, 5.41) is 12.6. The molecule has 2 atom stereocenters. The van der Waals surface area contributed by atoms with Crippen LogP contribution in [0, 0.1) is 11.8 Å². The molecular weight excluding hydrogens is 464 g/mol. The number of carboxylic acid groups (broad SMARTS) is 1. The molecule has 2 N–H and O–H groups in total. The van der Waals surface area contributed by atoms with Crippen LogP contribution in [0.3, 0.4) is 0 Å². The number of carboxylic acids is 1. The van der Waals surface area contributed by atoms with E-state index < -0.39 is 5.97 Å². The topological polar surface area (TPSA) is 86.7 Å². The van der Waals surface area contributed by atoms with Crippen molar-refractivity contribution in [2.45, 2.75) is 45.7 Å². The normalized spacial score (nSPS) is 18.3. The summed E-state index contributed by atoms with van der Waals surface area (Å²) in [6, 6.07) is 21.1. The minimum atomic E-state index is -0.961. The molecule has 0 bridgehead atoms. The van der Waals surface area contributed by atoms with E-state index in [1.165, 1.54) is 5.56 Å². The van der Waals surface area contributed by atoms with Gasteiger partial charge in [-0.2, -0.15) is 0 Å². The minimum Gasteiger partial charge on any atom is -0.478 e. The summed E-state index contributed by atoms with van der Waals surface area (Å²) in [6.07, 6.45) is 1.55. The summed E-state index contributed by atoms with van der Waals surface area (Å²) in [6.45, 7) is 5.32. The smallest absolute Gasteiger partial charge is 0.335 e. The van der Waals surface area contributed by atoms with E-state index in [-0.39, 0.29) is 35.1 Å².